The van der Waals surface area contributed by atoms with Crippen LogP contribution in [0.2, 0.25) is 0 Å². The van der Waals surface area contributed by atoms with Crippen molar-refractivity contribution in [3.05, 3.63) is 0 Å². The van der Waals surface area contributed by atoms with Crippen LogP contribution in [0.15, 0.2) is 0 Å². The first kappa shape index (κ1) is 20.2. The van der Waals surface area contributed by atoms with Crippen LogP contribution in [-0.2, 0) is 8.92 Å². The van der Waals surface area contributed by atoms with E-state index in [0.29, 0.717) is 0 Å². The Balaban J connectivity index is -0.000000208. The fraction of sp³-hybridized carbons (Fsp3) is 0.750. The summed E-state index contributed by atoms with van der Waals surface area (Å²) in [5.41, 5.74) is 9.89. The van der Waals surface area contributed by atoms with Gasteiger partial charge in [0.25, 0.3) is 10.3 Å². The Labute approximate surface area is 107 Å². The number of nitrogens with two attached hydrogens (primary N) is 2. The van der Waals surface area contributed by atoms with Gasteiger partial charge in [0.2, 0.25) is 0 Å². The van der Waals surface area contributed by atoms with Gasteiger partial charge in [0, 0.05) is 4.75 Å². The van der Waals surface area contributed by atoms with Crippen LogP contribution in [0.4, 0.5) is 0 Å². The van der Waals surface area contributed by atoms with Crippen LogP contribution in [0.1, 0.15) is 28.2 Å². The molecule has 0 saturated carbocycles. The average Bonchev–Trinajstić information content (AvgIpc) is 2.01. The van der Waals surface area contributed by atoms with Gasteiger partial charge >= 0.3 is 0 Å². The average molecular weight is 272 g/mol. The smallest absolute Gasteiger partial charge is 0.267 e. The zero-order valence-corrected chi connectivity index (χ0v) is 11.1. The number of methoxy groups -OCH3 is 1. The van der Waals surface area contributed by atoms with Gasteiger partial charge in [-0.3, -0.25) is 0 Å². The van der Waals surface area contributed by atoms with Crippen LogP contribution >= 0.6 is 36.5 Å². The van der Waals surface area contributed by atoms with Crippen LogP contribution in [0.3, 0.4) is 0 Å². The van der Waals surface area contributed by atoms with Gasteiger partial charge in [0.1, 0.15) is 0 Å². The lowest BCUT2D eigenvalue weighted by atomic mass is 10.3. The Morgan fingerprint density at radius 1 is 1.13 bits per heavy atom. The first-order chi connectivity index (χ1) is 6.19. The van der Waals surface area contributed by atoms with Gasteiger partial charge in [-0.15, -0.1) is 0 Å². The summed E-state index contributed by atoms with van der Waals surface area (Å²) in [6.07, 6.45) is 0. The molecule has 0 heterocycles. The third-order valence-corrected chi connectivity index (χ3v) is 1.69. The molecule has 0 aromatic rings. The number of hydrogen-bond donors (Lipinski definition) is 2. The second-order valence-electron chi connectivity index (χ2n) is 3.12. The van der Waals surface area contributed by atoms with E-state index in [9.17, 15) is 0 Å². The fourth-order valence-electron chi connectivity index (χ4n) is 0.166. The molecule has 0 radical (unpaired) electrons. The number of hydrogen-bond acceptors (Lipinski definition) is 5. The Bertz CT molecular complexity index is 193. The summed E-state index contributed by atoms with van der Waals surface area (Å²) in [5.74, 6) is 0. The highest BCUT2D eigenvalue weighted by molar-refractivity contribution is 7.97. The van der Waals surface area contributed by atoms with Crippen molar-refractivity contribution < 1.29 is 8.92 Å². The molecule has 7 heteroatoms. The van der Waals surface area contributed by atoms with E-state index >= 15 is 0 Å². The predicted molar refractivity (Wildman–Crippen MR) is 75.7 cm³/mol. The van der Waals surface area contributed by atoms with Crippen LogP contribution < -0.4 is 11.5 Å². The van der Waals surface area contributed by atoms with E-state index < -0.39 is 0 Å². The molecular formula is C8H20N2O2S3. The van der Waals surface area contributed by atoms with Crippen LogP contribution in [0, 0.1) is 0 Å². The van der Waals surface area contributed by atoms with E-state index in [1.165, 1.54) is 19.2 Å². The third-order valence-electron chi connectivity index (χ3n) is 0.575. The van der Waals surface area contributed by atoms with Gasteiger partial charge in [-0.1, -0.05) is 7.43 Å². The van der Waals surface area contributed by atoms with Gasteiger partial charge in [-0.25, -0.2) is 0 Å². The SMILES string of the molecule is C.CC(C)(C)SOC(N)=S.COC(N)=S. The predicted octanol–water partition coefficient (Wildman–Crippen LogP) is 2.21. The van der Waals surface area contributed by atoms with Crippen molar-refractivity contribution in [1.29, 1.82) is 0 Å². The Morgan fingerprint density at radius 2 is 1.47 bits per heavy atom. The largest absolute Gasteiger partial charge is 0.475 e. The molecule has 0 bridgehead atoms. The highest BCUT2D eigenvalue weighted by Crippen LogP contribution is 2.23. The van der Waals surface area contributed by atoms with Gasteiger partial charge < -0.3 is 20.4 Å². The molecule has 0 fully saturated rings. The number of ether oxygens (including phenoxy) is 1. The highest BCUT2D eigenvalue weighted by atomic mass is 32.2. The second-order valence-corrected chi connectivity index (χ2v) is 5.48. The van der Waals surface area contributed by atoms with E-state index in [2.05, 4.69) is 29.2 Å². The van der Waals surface area contributed by atoms with Crippen LogP contribution in [-0.4, -0.2) is 22.2 Å². The summed E-state index contributed by atoms with van der Waals surface area (Å²) in [5, 5.41) is 0.180. The van der Waals surface area contributed by atoms with Crippen molar-refractivity contribution in [1.82, 2.24) is 0 Å². The minimum atomic E-state index is 0. The highest BCUT2D eigenvalue weighted by Gasteiger charge is 2.12. The summed E-state index contributed by atoms with van der Waals surface area (Å²) in [7, 11) is 1.43. The molecule has 0 aromatic carbocycles. The third kappa shape index (κ3) is 31.6. The van der Waals surface area contributed by atoms with Gasteiger partial charge in [0.15, 0.2) is 0 Å². The normalized spacial score (nSPS) is 8.80. The summed E-state index contributed by atoms with van der Waals surface area (Å²) >= 11 is 10.0. The molecule has 15 heavy (non-hydrogen) atoms. The van der Waals surface area contributed by atoms with Crippen molar-refractivity contribution in [2.24, 2.45) is 11.5 Å². The second kappa shape index (κ2) is 10.3. The molecule has 92 valence electrons. The van der Waals surface area contributed by atoms with Crippen molar-refractivity contribution in [3.8, 4) is 0 Å². The first-order valence-electron chi connectivity index (χ1n) is 3.67. The van der Waals surface area contributed by atoms with E-state index in [1.54, 1.807) is 0 Å². The molecule has 0 atom stereocenters. The fourth-order valence-corrected chi connectivity index (χ4v) is 0.600. The standard InChI is InChI=1S/C5H11NOS2.C2H5NOS.CH4/c1-5(2,3)9-7-4(6)8;1-4-2(3)5;/h1-3H3,(H2,6,8);1H3,(H2,3,5);1H4. The lowest BCUT2D eigenvalue weighted by molar-refractivity contribution is 0.408. The summed E-state index contributed by atoms with van der Waals surface area (Å²) in [6.45, 7) is 6.07. The summed E-state index contributed by atoms with van der Waals surface area (Å²) < 4.78 is 9.15. The monoisotopic (exact) mass is 272 g/mol. The molecule has 0 aromatic heterocycles. The van der Waals surface area contributed by atoms with E-state index in [1.807, 2.05) is 20.8 Å². The summed E-state index contributed by atoms with van der Waals surface area (Å²) in [6, 6.07) is 0. The maximum atomic E-state index is 5.09. The Hall–Kier alpha value is -0.270. The first-order valence-corrected chi connectivity index (χ1v) is 5.23. The number of thiocarbonyl (C=S) groups is 2. The van der Waals surface area contributed by atoms with Gasteiger partial charge in [-0.05, 0) is 45.2 Å². The molecular weight excluding hydrogens is 252 g/mol. The van der Waals surface area contributed by atoms with Gasteiger partial charge in [-0.2, -0.15) is 0 Å². The van der Waals surface area contributed by atoms with Gasteiger partial charge in [0.05, 0.1) is 19.2 Å². The molecule has 0 saturated heterocycles. The zero-order valence-electron chi connectivity index (χ0n) is 8.70. The minimum absolute atomic E-state index is 0. The molecule has 0 spiro atoms. The molecule has 0 rings (SSSR count). The molecule has 0 aliphatic rings. The van der Waals surface area contributed by atoms with E-state index in [4.69, 9.17) is 15.7 Å². The lowest BCUT2D eigenvalue weighted by Gasteiger charge is -2.14. The number of rotatable bonds is 1. The van der Waals surface area contributed by atoms with Crippen LogP contribution in [0.25, 0.3) is 0 Å². The van der Waals surface area contributed by atoms with Crippen molar-refractivity contribution >= 4 is 46.8 Å². The lowest BCUT2D eigenvalue weighted by Crippen LogP contribution is -2.14. The van der Waals surface area contributed by atoms with Crippen molar-refractivity contribution in [2.75, 3.05) is 7.11 Å². The van der Waals surface area contributed by atoms with Crippen molar-refractivity contribution in [3.63, 3.8) is 0 Å². The maximum Gasteiger partial charge on any atom is 0.267 e. The molecule has 0 unspecified atom stereocenters. The van der Waals surface area contributed by atoms with Crippen LogP contribution in [0.5, 0.6) is 0 Å². The molecule has 0 amide bonds. The van der Waals surface area contributed by atoms with E-state index in [-0.39, 0.29) is 22.5 Å². The summed E-state index contributed by atoms with van der Waals surface area (Å²) in [4.78, 5) is 0. The molecule has 4 N–H and O–H groups in total. The van der Waals surface area contributed by atoms with E-state index in [0.717, 1.165) is 0 Å². The Kier molecular flexibility index (Phi) is 13.8. The topological polar surface area (TPSA) is 70.5 Å². The molecule has 4 nitrogen and oxygen atoms in total. The maximum absolute atomic E-state index is 5.09. The minimum Gasteiger partial charge on any atom is -0.475 e. The Morgan fingerprint density at radius 3 is 1.53 bits per heavy atom. The molecule has 0 aliphatic carbocycles. The molecule has 0 aliphatic heterocycles. The zero-order chi connectivity index (χ0) is 11.8. The van der Waals surface area contributed by atoms with Crippen molar-refractivity contribution in [2.45, 2.75) is 32.9 Å². The quantitative estimate of drug-likeness (QED) is 0.560.